The van der Waals surface area contributed by atoms with Gasteiger partial charge in [-0.3, -0.25) is 0 Å². The summed E-state index contributed by atoms with van der Waals surface area (Å²) in [5.41, 5.74) is 3.53. The fraction of sp³-hybridized carbons (Fsp3) is 0.533. The fourth-order valence-corrected chi connectivity index (χ4v) is 7.49. The molecule has 0 aliphatic carbocycles. The maximum absolute atomic E-state index is 7.22. The summed E-state index contributed by atoms with van der Waals surface area (Å²) >= 11 is 7.22. The number of halogens is 1. The Bertz CT molecular complexity index is 720. The summed E-state index contributed by atoms with van der Waals surface area (Å²) < 4.78 is 0. The maximum atomic E-state index is 7.22. The third kappa shape index (κ3) is 10.4. The number of hydrogen-bond acceptors (Lipinski definition) is 0. The smallest absolute Gasteiger partial charge is 0.138 e. The Labute approximate surface area is 203 Å². The minimum absolute atomic E-state index is 0.958. The first kappa shape index (κ1) is 26.8. The van der Waals surface area contributed by atoms with Gasteiger partial charge in [-0.15, -0.1) is 22.5 Å². The molecule has 0 amide bonds. The molecule has 0 unspecified atom stereocenters. The van der Waals surface area contributed by atoms with Gasteiger partial charge in [-0.1, -0.05) is 151 Å². The summed E-state index contributed by atoms with van der Waals surface area (Å²) in [5.74, 6) is 3.45. The van der Waals surface area contributed by atoms with E-state index >= 15 is 0 Å². The molecule has 174 valence electrons. The van der Waals surface area contributed by atoms with E-state index in [9.17, 15) is 0 Å². The lowest BCUT2D eigenvalue weighted by molar-refractivity contribution is 0.536. The van der Waals surface area contributed by atoms with Crippen molar-refractivity contribution in [2.45, 2.75) is 103 Å². The maximum Gasteiger partial charge on any atom is 0.293 e. The zero-order chi connectivity index (χ0) is 22.7. The molecule has 32 heavy (non-hydrogen) atoms. The largest absolute Gasteiger partial charge is 0.293 e. The highest BCUT2D eigenvalue weighted by Crippen LogP contribution is 2.14. The van der Waals surface area contributed by atoms with E-state index in [0.717, 1.165) is 6.42 Å². The van der Waals surface area contributed by atoms with E-state index in [1.54, 1.807) is 0 Å². The molecule has 0 aliphatic heterocycles. The van der Waals surface area contributed by atoms with Crippen LogP contribution in [-0.2, 0) is 0 Å². The molecule has 0 fully saturated rings. The number of unbranched alkanes of at least 4 members (excludes halogenated alkanes) is 14. The van der Waals surface area contributed by atoms with E-state index in [0.29, 0.717) is 0 Å². The molecule has 0 atom stereocenters. The Morgan fingerprint density at radius 2 is 0.938 bits per heavy atom. The molecular weight excluding hydrogens is 424 g/mol. The van der Waals surface area contributed by atoms with Crippen LogP contribution in [0.4, 0.5) is 0 Å². The van der Waals surface area contributed by atoms with Crippen molar-refractivity contribution in [3.05, 3.63) is 60.7 Å². The van der Waals surface area contributed by atoms with Crippen molar-refractivity contribution in [3.8, 4) is 11.5 Å². The highest BCUT2D eigenvalue weighted by molar-refractivity contribution is 7.38. The second-order valence-electron chi connectivity index (χ2n) is 9.04. The molecule has 2 rings (SSSR count). The predicted molar refractivity (Wildman–Crippen MR) is 146 cm³/mol. The predicted octanol–water partition coefficient (Wildman–Crippen LogP) is 8.40. The molecule has 0 bridgehead atoms. The quantitative estimate of drug-likeness (QED) is 0.101. The van der Waals surface area contributed by atoms with Gasteiger partial charge in [0.2, 0.25) is 0 Å². The van der Waals surface area contributed by atoms with Crippen LogP contribution >= 0.6 is 11.1 Å². The van der Waals surface area contributed by atoms with Crippen LogP contribution in [0.1, 0.15) is 103 Å². The number of benzene rings is 2. The molecule has 2 aromatic carbocycles. The Balaban J connectivity index is 1.60. The van der Waals surface area contributed by atoms with Gasteiger partial charge in [-0.05, 0) is 16.8 Å². The second kappa shape index (κ2) is 17.0. The summed E-state index contributed by atoms with van der Waals surface area (Å²) in [6, 6.07) is 20.9. The molecule has 0 aliphatic rings. The van der Waals surface area contributed by atoms with Crippen LogP contribution in [-0.4, -0.2) is 7.38 Å². The van der Waals surface area contributed by atoms with Gasteiger partial charge < -0.3 is 0 Å². The molecule has 0 nitrogen and oxygen atoms in total. The molecule has 0 saturated carbocycles. The summed E-state index contributed by atoms with van der Waals surface area (Å²) in [6.45, 7) is 2.29. The molecule has 0 heterocycles. The molecule has 0 N–H and O–H groups in total. The van der Waals surface area contributed by atoms with Gasteiger partial charge in [0.25, 0.3) is 7.38 Å². The first-order valence-corrected chi connectivity index (χ1v) is 16.1. The molecule has 0 spiro atoms. The third-order valence-corrected chi connectivity index (χ3v) is 10.6. The molecule has 2 aromatic rings. The van der Waals surface area contributed by atoms with E-state index in [-0.39, 0.29) is 0 Å². The van der Waals surface area contributed by atoms with Crippen LogP contribution < -0.4 is 10.4 Å². The standard InChI is InChI=1S/C30H43ClSi/c1-2-3-4-5-6-7-8-9-10-11-12-13-14-15-16-23-28-32(31,29-24-19-17-20-25-29)30-26-21-18-22-27-30/h17-22,24-27H,2-16H2,1H3. The van der Waals surface area contributed by atoms with Crippen molar-refractivity contribution in [3.63, 3.8) is 0 Å². The highest BCUT2D eigenvalue weighted by Gasteiger charge is 2.33. The van der Waals surface area contributed by atoms with E-state index in [2.05, 4.69) is 66.9 Å². The lowest BCUT2D eigenvalue weighted by atomic mass is 10.0. The van der Waals surface area contributed by atoms with Crippen molar-refractivity contribution >= 4 is 28.8 Å². The number of hydrogen-bond donors (Lipinski definition) is 0. The third-order valence-electron chi connectivity index (χ3n) is 6.26. The van der Waals surface area contributed by atoms with Crippen molar-refractivity contribution in [1.82, 2.24) is 0 Å². The Morgan fingerprint density at radius 1 is 0.562 bits per heavy atom. The zero-order valence-corrected chi connectivity index (χ0v) is 22.0. The van der Waals surface area contributed by atoms with Crippen LogP contribution in [0.3, 0.4) is 0 Å². The molecule has 0 radical (unpaired) electrons. The van der Waals surface area contributed by atoms with Gasteiger partial charge in [0.05, 0.1) is 0 Å². The summed E-state index contributed by atoms with van der Waals surface area (Å²) in [7, 11) is -2.50. The lowest BCUT2D eigenvalue weighted by Gasteiger charge is -2.19. The Hall–Kier alpha value is -1.49. The fourth-order valence-electron chi connectivity index (χ4n) is 4.24. The zero-order valence-electron chi connectivity index (χ0n) is 20.3. The first-order valence-electron chi connectivity index (χ1n) is 13.1. The molecular formula is C30H43ClSi. The monoisotopic (exact) mass is 466 g/mol. The molecule has 0 aromatic heterocycles. The van der Waals surface area contributed by atoms with Gasteiger partial charge in [0, 0.05) is 6.42 Å². The first-order chi connectivity index (χ1) is 15.8. The van der Waals surface area contributed by atoms with Crippen LogP contribution in [0.15, 0.2) is 60.7 Å². The average Bonchev–Trinajstić information content (AvgIpc) is 2.84. The number of rotatable bonds is 16. The van der Waals surface area contributed by atoms with E-state index in [1.807, 2.05) is 12.1 Å². The lowest BCUT2D eigenvalue weighted by Crippen LogP contribution is -2.52. The van der Waals surface area contributed by atoms with E-state index in [1.165, 1.54) is 100 Å². The Kier molecular flexibility index (Phi) is 14.3. The van der Waals surface area contributed by atoms with Crippen LogP contribution in [0.25, 0.3) is 0 Å². The van der Waals surface area contributed by atoms with Gasteiger partial charge in [-0.25, -0.2) is 0 Å². The van der Waals surface area contributed by atoms with Crippen LogP contribution in [0, 0.1) is 11.5 Å². The van der Waals surface area contributed by atoms with Crippen LogP contribution in [0.2, 0.25) is 0 Å². The summed E-state index contributed by atoms with van der Waals surface area (Å²) in [6.07, 6.45) is 20.4. The average molecular weight is 467 g/mol. The minimum Gasteiger partial charge on any atom is -0.138 e. The van der Waals surface area contributed by atoms with Crippen molar-refractivity contribution < 1.29 is 0 Å². The second-order valence-corrected chi connectivity index (χ2v) is 13.5. The summed E-state index contributed by atoms with van der Waals surface area (Å²) in [4.78, 5) is 0. The van der Waals surface area contributed by atoms with Crippen molar-refractivity contribution in [2.24, 2.45) is 0 Å². The van der Waals surface area contributed by atoms with Crippen LogP contribution in [0.5, 0.6) is 0 Å². The van der Waals surface area contributed by atoms with Crippen molar-refractivity contribution in [1.29, 1.82) is 0 Å². The van der Waals surface area contributed by atoms with Gasteiger partial charge in [0.1, 0.15) is 0 Å². The van der Waals surface area contributed by atoms with Gasteiger partial charge in [0.15, 0.2) is 0 Å². The minimum atomic E-state index is -2.50. The van der Waals surface area contributed by atoms with Gasteiger partial charge >= 0.3 is 0 Å². The normalized spacial score (nSPS) is 11.2. The summed E-state index contributed by atoms with van der Waals surface area (Å²) in [5, 5.41) is 2.36. The molecule has 0 saturated heterocycles. The van der Waals surface area contributed by atoms with E-state index < -0.39 is 7.38 Å². The topological polar surface area (TPSA) is 0 Å². The SMILES string of the molecule is CCCCCCCCCCCCCCCCC#C[Si](Cl)(c1ccccc1)c1ccccc1. The Morgan fingerprint density at radius 3 is 1.34 bits per heavy atom. The van der Waals surface area contributed by atoms with E-state index in [4.69, 9.17) is 11.1 Å². The molecule has 2 heteroatoms. The van der Waals surface area contributed by atoms with Gasteiger partial charge in [-0.2, -0.15) is 0 Å². The van der Waals surface area contributed by atoms with Crippen molar-refractivity contribution in [2.75, 3.05) is 0 Å². The highest BCUT2D eigenvalue weighted by atomic mass is 35.6.